The van der Waals surface area contributed by atoms with E-state index in [9.17, 15) is 8.78 Å². The molecule has 0 saturated heterocycles. The Balaban J connectivity index is 1.83. The number of fused-ring (bicyclic) bond motifs is 1. The van der Waals surface area contributed by atoms with Crippen LogP contribution in [0.3, 0.4) is 0 Å². The van der Waals surface area contributed by atoms with Gasteiger partial charge in [0.25, 0.3) is 0 Å². The predicted octanol–water partition coefficient (Wildman–Crippen LogP) is 4.89. The van der Waals surface area contributed by atoms with Crippen molar-refractivity contribution in [2.75, 3.05) is 5.32 Å². The number of anilines is 1. The maximum Gasteiger partial charge on any atom is 0.150 e. The van der Waals surface area contributed by atoms with Gasteiger partial charge in [-0.25, -0.2) is 8.78 Å². The Morgan fingerprint density at radius 2 is 1.90 bits per heavy atom. The summed E-state index contributed by atoms with van der Waals surface area (Å²) in [6.07, 6.45) is 3.53. The van der Waals surface area contributed by atoms with E-state index in [1.54, 1.807) is 12.4 Å². The number of nitrogens with one attached hydrogen (secondary N) is 1. The standard InChI is InChI=1S/C16H11BrF2N2/c17-14-6-13(18)7-15(19)16(14)21-8-10-1-2-12-9-20-4-3-11(12)5-10/h1-7,9,21H,8H2. The van der Waals surface area contributed by atoms with Gasteiger partial charge < -0.3 is 5.32 Å². The van der Waals surface area contributed by atoms with E-state index in [1.807, 2.05) is 24.3 Å². The molecule has 0 atom stereocenters. The van der Waals surface area contributed by atoms with Crippen LogP contribution < -0.4 is 5.32 Å². The molecule has 0 aliphatic carbocycles. The van der Waals surface area contributed by atoms with E-state index in [0.717, 1.165) is 22.4 Å². The predicted molar refractivity (Wildman–Crippen MR) is 83.1 cm³/mol. The maximum atomic E-state index is 13.7. The number of rotatable bonds is 3. The highest BCUT2D eigenvalue weighted by atomic mass is 79.9. The number of hydrogen-bond donors (Lipinski definition) is 1. The quantitative estimate of drug-likeness (QED) is 0.728. The van der Waals surface area contributed by atoms with E-state index in [2.05, 4.69) is 26.2 Å². The smallest absolute Gasteiger partial charge is 0.150 e. The lowest BCUT2D eigenvalue weighted by atomic mass is 10.1. The minimum absolute atomic E-state index is 0.256. The Morgan fingerprint density at radius 3 is 2.71 bits per heavy atom. The van der Waals surface area contributed by atoms with Gasteiger partial charge in [0.1, 0.15) is 11.6 Å². The molecule has 2 nitrogen and oxygen atoms in total. The molecule has 3 aromatic rings. The van der Waals surface area contributed by atoms with E-state index in [4.69, 9.17) is 0 Å². The summed E-state index contributed by atoms with van der Waals surface area (Å²) in [5.74, 6) is -1.23. The molecule has 106 valence electrons. The second-order valence-corrected chi connectivity index (χ2v) is 5.51. The van der Waals surface area contributed by atoms with Crippen LogP contribution >= 0.6 is 15.9 Å². The SMILES string of the molecule is Fc1cc(F)c(NCc2ccc3cnccc3c2)c(Br)c1. The summed E-state index contributed by atoms with van der Waals surface area (Å²) >= 11 is 3.16. The molecule has 0 bridgehead atoms. The van der Waals surface area contributed by atoms with Crippen LogP contribution in [0.25, 0.3) is 10.8 Å². The molecule has 1 N–H and O–H groups in total. The summed E-state index contributed by atoms with van der Waals surface area (Å²) in [6.45, 7) is 0.444. The first kappa shape index (κ1) is 13.9. The van der Waals surface area contributed by atoms with E-state index in [1.165, 1.54) is 6.07 Å². The Morgan fingerprint density at radius 1 is 1.05 bits per heavy atom. The molecule has 0 aliphatic heterocycles. The second kappa shape index (κ2) is 5.77. The van der Waals surface area contributed by atoms with Gasteiger partial charge in [0.15, 0.2) is 0 Å². The first-order valence-corrected chi connectivity index (χ1v) is 7.14. The van der Waals surface area contributed by atoms with Crippen LogP contribution in [0.2, 0.25) is 0 Å². The molecule has 3 rings (SSSR count). The van der Waals surface area contributed by atoms with Crippen molar-refractivity contribution in [3.05, 3.63) is 70.5 Å². The third-order valence-electron chi connectivity index (χ3n) is 3.18. The average molecular weight is 349 g/mol. The van der Waals surface area contributed by atoms with Crippen LogP contribution in [0, 0.1) is 11.6 Å². The fourth-order valence-corrected chi connectivity index (χ4v) is 2.69. The Bertz CT molecular complexity index is 782. The minimum atomic E-state index is -0.619. The monoisotopic (exact) mass is 348 g/mol. The van der Waals surface area contributed by atoms with Crippen molar-refractivity contribution in [2.45, 2.75) is 6.54 Å². The molecular weight excluding hydrogens is 338 g/mol. The van der Waals surface area contributed by atoms with Crippen molar-refractivity contribution >= 4 is 32.4 Å². The van der Waals surface area contributed by atoms with Crippen molar-refractivity contribution in [2.24, 2.45) is 0 Å². The molecule has 0 saturated carbocycles. The van der Waals surface area contributed by atoms with E-state index >= 15 is 0 Å². The first-order chi connectivity index (χ1) is 10.1. The molecule has 1 aromatic heterocycles. The number of aromatic nitrogens is 1. The van der Waals surface area contributed by atoms with Gasteiger partial charge in [0, 0.05) is 34.9 Å². The molecule has 0 radical (unpaired) electrons. The number of hydrogen-bond acceptors (Lipinski definition) is 2. The minimum Gasteiger partial charge on any atom is -0.378 e. The lowest BCUT2D eigenvalue weighted by Gasteiger charge is -2.10. The zero-order valence-electron chi connectivity index (χ0n) is 10.9. The number of benzene rings is 2. The molecule has 0 fully saturated rings. The highest BCUT2D eigenvalue weighted by molar-refractivity contribution is 9.10. The summed E-state index contributed by atoms with van der Waals surface area (Å²) in [5.41, 5.74) is 1.26. The van der Waals surface area contributed by atoms with Crippen molar-refractivity contribution in [1.82, 2.24) is 4.98 Å². The second-order valence-electron chi connectivity index (χ2n) is 4.66. The van der Waals surface area contributed by atoms with Gasteiger partial charge in [0.2, 0.25) is 0 Å². The van der Waals surface area contributed by atoms with E-state index in [-0.39, 0.29) is 5.69 Å². The molecule has 5 heteroatoms. The maximum absolute atomic E-state index is 13.7. The summed E-state index contributed by atoms with van der Waals surface area (Å²) in [4.78, 5) is 4.06. The zero-order valence-corrected chi connectivity index (χ0v) is 12.5. The van der Waals surface area contributed by atoms with Crippen molar-refractivity contribution in [3.8, 4) is 0 Å². The average Bonchev–Trinajstić information content (AvgIpc) is 2.46. The van der Waals surface area contributed by atoms with Crippen molar-refractivity contribution < 1.29 is 8.78 Å². The summed E-state index contributed by atoms with van der Waals surface area (Å²) < 4.78 is 27.1. The van der Waals surface area contributed by atoms with E-state index in [0.29, 0.717) is 11.0 Å². The van der Waals surface area contributed by atoms with Gasteiger partial charge in [-0.2, -0.15) is 0 Å². The fourth-order valence-electron chi connectivity index (χ4n) is 2.14. The molecule has 2 aromatic carbocycles. The number of pyridine rings is 1. The highest BCUT2D eigenvalue weighted by Crippen LogP contribution is 2.27. The lowest BCUT2D eigenvalue weighted by molar-refractivity contribution is 0.583. The van der Waals surface area contributed by atoms with Gasteiger partial charge >= 0.3 is 0 Å². The topological polar surface area (TPSA) is 24.9 Å². The van der Waals surface area contributed by atoms with Crippen LogP contribution in [-0.4, -0.2) is 4.98 Å². The Kier molecular flexibility index (Phi) is 3.84. The van der Waals surface area contributed by atoms with Gasteiger partial charge in [0.05, 0.1) is 5.69 Å². The third kappa shape index (κ3) is 3.03. The summed E-state index contributed by atoms with van der Waals surface area (Å²) in [6, 6.07) is 9.95. The third-order valence-corrected chi connectivity index (χ3v) is 3.81. The fraction of sp³-hybridized carbons (Fsp3) is 0.0625. The molecule has 1 heterocycles. The van der Waals surface area contributed by atoms with Gasteiger partial charge in [-0.3, -0.25) is 4.98 Å². The highest BCUT2D eigenvalue weighted by Gasteiger charge is 2.09. The van der Waals surface area contributed by atoms with Gasteiger partial charge in [-0.05, 0) is 45.1 Å². The normalized spacial score (nSPS) is 10.8. The largest absolute Gasteiger partial charge is 0.378 e. The van der Waals surface area contributed by atoms with Crippen LogP contribution in [-0.2, 0) is 6.54 Å². The number of halogens is 3. The van der Waals surface area contributed by atoms with Crippen molar-refractivity contribution in [1.29, 1.82) is 0 Å². The molecule has 0 spiro atoms. The van der Waals surface area contributed by atoms with Gasteiger partial charge in [-0.1, -0.05) is 12.1 Å². The summed E-state index contributed by atoms with van der Waals surface area (Å²) in [5, 5.41) is 5.11. The van der Waals surface area contributed by atoms with Crippen LogP contribution in [0.5, 0.6) is 0 Å². The van der Waals surface area contributed by atoms with Crippen molar-refractivity contribution in [3.63, 3.8) is 0 Å². The van der Waals surface area contributed by atoms with Crippen LogP contribution in [0.15, 0.2) is 53.3 Å². The van der Waals surface area contributed by atoms with Crippen LogP contribution in [0.1, 0.15) is 5.56 Å². The molecule has 0 amide bonds. The van der Waals surface area contributed by atoms with E-state index < -0.39 is 11.6 Å². The molecular formula is C16H11BrF2N2. The summed E-state index contributed by atoms with van der Waals surface area (Å²) in [7, 11) is 0. The molecule has 21 heavy (non-hydrogen) atoms. The van der Waals surface area contributed by atoms with Gasteiger partial charge in [-0.15, -0.1) is 0 Å². The Hall–Kier alpha value is -2.01. The zero-order chi connectivity index (χ0) is 14.8. The molecule has 0 aliphatic rings. The molecule has 0 unspecified atom stereocenters. The number of nitrogens with zero attached hydrogens (tertiary/aromatic N) is 1. The first-order valence-electron chi connectivity index (χ1n) is 6.34. The van der Waals surface area contributed by atoms with Crippen LogP contribution in [0.4, 0.5) is 14.5 Å². The Labute approximate surface area is 129 Å². The lowest BCUT2D eigenvalue weighted by Crippen LogP contribution is -2.03.